The number of thioether (sulfide) groups is 1. The number of aryl methyl sites for hydroxylation is 8. The fraction of sp³-hybridized carbons (Fsp3) is 0.432. The minimum atomic E-state index is -0.508. The number of hydrogen-bond donors (Lipinski definition) is 5. The molecule has 15 nitrogen and oxygen atoms in total. The van der Waals surface area contributed by atoms with E-state index >= 15 is 0 Å². The second-order valence-electron chi connectivity index (χ2n) is 38.6. The molecule has 24 heteroatoms. The molecule has 9 aromatic carbocycles. The van der Waals surface area contributed by atoms with E-state index in [4.69, 9.17) is 41.5 Å². The summed E-state index contributed by atoms with van der Waals surface area (Å²) in [5.41, 5.74) is 15.9. The number of ether oxygens (including phenoxy) is 4. The number of Topliss-reactive ketones (excluding diaryl/α,β-unsaturated/α-hetero) is 2. The van der Waals surface area contributed by atoms with Crippen LogP contribution in [0.15, 0.2) is 245 Å². The minimum Gasteiger partial charge on any atom is -0.665 e. The van der Waals surface area contributed by atoms with E-state index in [0.717, 1.165) is 160 Å². The first-order valence-corrected chi connectivity index (χ1v) is 52.5. The van der Waals surface area contributed by atoms with Gasteiger partial charge in [0.1, 0.15) is 28.8 Å². The quantitative estimate of drug-likeness (QED) is 0.00616. The van der Waals surface area contributed by atoms with Gasteiger partial charge in [0, 0.05) is 222 Å². The molecule has 0 aliphatic heterocycles. The summed E-state index contributed by atoms with van der Waals surface area (Å²) < 4.78 is 28.7. The number of aromatic hydroxyl groups is 1. The van der Waals surface area contributed by atoms with Gasteiger partial charge in [-0.3, -0.25) is 9.59 Å². The zero-order chi connectivity index (χ0) is 97.3. The third kappa shape index (κ3) is 38.3. The first-order chi connectivity index (χ1) is 66.3. The van der Waals surface area contributed by atoms with Crippen molar-refractivity contribution in [2.45, 2.75) is 251 Å². The Morgan fingerprint density at radius 2 is 1.18 bits per heavy atom. The van der Waals surface area contributed by atoms with E-state index in [9.17, 15) is 39.9 Å². The number of benzene rings is 9. The van der Waals surface area contributed by atoms with Crippen molar-refractivity contribution in [3.05, 3.63) is 358 Å². The van der Waals surface area contributed by atoms with Crippen LogP contribution < -0.4 is 14.2 Å². The van der Waals surface area contributed by atoms with Gasteiger partial charge in [-0.25, -0.2) is 22.7 Å². The molecule has 2 heterocycles. The second-order valence-corrected chi connectivity index (χ2v) is 42.9. The van der Waals surface area contributed by atoms with Gasteiger partial charge < -0.3 is 65.6 Å². The zero-order valence-electron chi connectivity index (χ0n) is 83.4. The Bertz CT molecular complexity index is 5570. The number of phenols is 1. The van der Waals surface area contributed by atoms with E-state index in [1.54, 1.807) is 66.6 Å². The Hall–Kier alpha value is -3.72. The second kappa shape index (κ2) is 64.9. The van der Waals surface area contributed by atoms with Crippen LogP contribution in [0.5, 0.6) is 23.0 Å². The van der Waals surface area contributed by atoms with Gasteiger partial charge in [0.15, 0.2) is 0 Å². The van der Waals surface area contributed by atoms with Crippen LogP contribution in [0.2, 0.25) is 0 Å². The molecule has 743 valence electrons. The monoisotopic (exact) mass is 2460 g/mol. The number of halogens is 2. The fourth-order valence-electron chi connectivity index (χ4n) is 21.0. The molecule has 18 atom stereocenters. The van der Waals surface area contributed by atoms with E-state index in [0.29, 0.717) is 71.0 Å². The molecule has 0 amide bonds. The fourth-order valence-corrected chi connectivity index (χ4v) is 24.5. The Labute approximate surface area is 998 Å². The SMILES string of the molecule is COc1cccc(CC[C@H]2C(=O)CC(O)[C@@H]2CCSc2n[c-]cs2)c1.Cc1cccc(CC[C@H]2C(Cl)CC(O)[C@@H]2CCc2cc[c-]cc2)c1C.[C-]#[N+]C1CC(O)[C@H](CCCc2cc[c-]o2)[C@H]1CCc1cccc(O)c1.[CH2-]Cc1ccc([C@H]2C(O)CC(I)[C@@H]2CCc2cccc(C(C)(C)C)c2)cc1.[CH2-]Oc1cccc(C[C@H]2C(=O)CC(OCC)[C@@H]2CCc2cccc(OC(=O)c3ccccc3)c2)c1.[Y].[Y].[Y].[Y].[Y]. The van der Waals surface area contributed by atoms with Gasteiger partial charge in [0.2, 0.25) is 6.04 Å². The Morgan fingerprint density at radius 1 is 0.585 bits per heavy atom. The number of furan rings is 1. The van der Waals surface area contributed by atoms with Gasteiger partial charge in [0.25, 0.3) is 0 Å². The van der Waals surface area contributed by atoms with Gasteiger partial charge in [-0.2, -0.15) is 67.3 Å². The molecule has 0 saturated heterocycles. The van der Waals surface area contributed by atoms with Crippen molar-refractivity contribution < 1.29 is 227 Å². The van der Waals surface area contributed by atoms with E-state index in [1.807, 2.05) is 121 Å². The molecule has 0 spiro atoms. The van der Waals surface area contributed by atoms with E-state index in [2.05, 4.69) is 185 Å². The van der Waals surface area contributed by atoms with Crippen LogP contribution in [0.4, 0.5) is 0 Å². The minimum absolute atomic E-state index is 0. The number of esters is 1. The number of aromatic nitrogens is 1. The molecular weight excluding hydrogens is 2320 g/mol. The van der Waals surface area contributed by atoms with Crippen molar-refractivity contribution in [2.24, 2.45) is 53.3 Å². The van der Waals surface area contributed by atoms with Gasteiger partial charge in [0.05, 0.1) is 48.9 Å². The summed E-state index contributed by atoms with van der Waals surface area (Å²) in [6, 6.07) is 78.7. The number of hydrogen-bond acceptors (Lipinski definition) is 16. The third-order valence-corrected chi connectivity index (χ3v) is 32.6. The first-order valence-electron chi connectivity index (χ1n) is 49.0. The van der Waals surface area contributed by atoms with Crippen LogP contribution in [-0.2, 0) is 241 Å². The zero-order valence-corrected chi connectivity index (χ0v) is 102. The molecular formula is C118H137ClIN2O13S2Y5-5. The summed E-state index contributed by atoms with van der Waals surface area (Å²) in [6.07, 6.45) is 23.1. The predicted octanol–water partition coefficient (Wildman–Crippen LogP) is 25.0. The molecule has 16 rings (SSSR count). The number of aliphatic hydroxyl groups is 4. The summed E-state index contributed by atoms with van der Waals surface area (Å²) in [6.45, 7) is 25.2. The molecule has 5 fully saturated rings. The summed E-state index contributed by atoms with van der Waals surface area (Å²) in [5.74, 6) is 6.01. The van der Waals surface area contributed by atoms with Crippen molar-refractivity contribution >= 4 is 74.8 Å². The molecule has 5 aliphatic carbocycles. The smallest absolute Gasteiger partial charge is 0.343 e. The largest absolute Gasteiger partial charge is 0.665 e. The number of thiazole rings is 1. The van der Waals surface area contributed by atoms with Crippen molar-refractivity contribution in [3.8, 4) is 23.0 Å². The summed E-state index contributed by atoms with van der Waals surface area (Å²) in [5, 5.41) is 53.5. The van der Waals surface area contributed by atoms with Gasteiger partial charge >= 0.3 is 5.97 Å². The maximum absolute atomic E-state index is 13.0. The number of phenolic OH excluding ortho intramolecular Hbond substituents is 1. The molecule has 11 aromatic rings. The Balaban J connectivity index is 0.000000240. The van der Waals surface area contributed by atoms with Crippen LogP contribution in [0.25, 0.3) is 4.85 Å². The number of ketones is 2. The standard InChI is InChI=1S/C30H31O5.C25H32IO.C23H28ClO.C21H24NO3.C19H22NO3S2.5Y/c1-3-34-29-20-28(31)27(19-22-10-8-13-24(18-22)33-2)26(29)16-15-21-9-7-14-25(17-21)35-30(32)23-11-5-4-6-12-23;1-5-17-9-12-19(13-10-17)24-21(22(26)16-23(24)27)14-11-18-7-6-8-20(15-18)25(2,3)4;1-16-7-6-10-19(17(16)2)12-14-20-21(23(25)15-22(20)24)13-11-18-8-4-3-5-9-18;1-22-20-14-21(24)19(9-3-7-17-8-4-12-25-17)18(20)11-10-15-5-2-6-16(23)13-15;1-23-14-4-2-3-13(11-14)5-6-15-16(18(22)12-17(15)21)7-9-24-19-20-8-10-25-19;;;;;/h4-14,17-18,26-27,29H,2-3,15-16,19-20H2,1H3;6-10,12-13,15,21-24,27H,1,5,11,14,16H2,2-4H3;4-10,20-23,25H,11-15H2,1-2H3;2,4-6,8,13,18-21,23-24H,3,7,9-11,14H2;2-4,10-11,15-16,18,22H,5-7,9,12H2,1H3;;;;;/q5*-1;;;;;/t26-,27-,29?;21-,22?,23?,24+;20-,21-,22?,23?;18-,19-,20?,21?;15-,16-,18?;;;;;/m10111...../s1. The molecule has 5 N–H and O–H groups in total. The maximum atomic E-state index is 13.0. The molecule has 2 aromatic heterocycles. The molecule has 5 saturated carbocycles. The van der Waals surface area contributed by atoms with Crippen LogP contribution in [0.1, 0.15) is 206 Å². The molecule has 5 radical (unpaired) electrons. The molecule has 0 bridgehead atoms. The number of carbonyl (C=O) groups is 3. The maximum Gasteiger partial charge on any atom is 0.343 e. The third-order valence-electron chi connectivity index (χ3n) is 28.7. The predicted molar refractivity (Wildman–Crippen MR) is 558 cm³/mol. The van der Waals surface area contributed by atoms with Crippen molar-refractivity contribution in [1.82, 2.24) is 4.98 Å². The van der Waals surface area contributed by atoms with E-state index in [-0.39, 0.29) is 263 Å². The van der Waals surface area contributed by atoms with Crippen molar-refractivity contribution in [1.29, 1.82) is 0 Å². The van der Waals surface area contributed by atoms with Crippen LogP contribution >= 0.6 is 57.3 Å². The number of nitrogens with zero attached hydrogens (tertiary/aromatic N) is 2. The Morgan fingerprint density at radius 3 is 1.82 bits per heavy atom. The molecule has 8 unspecified atom stereocenters. The Kier molecular flexibility index (Phi) is 57.2. The van der Waals surface area contributed by atoms with Gasteiger partial charge in [-0.1, -0.05) is 213 Å². The number of methoxy groups -OCH3 is 1. The van der Waals surface area contributed by atoms with Crippen molar-refractivity contribution in [3.63, 3.8) is 0 Å². The van der Waals surface area contributed by atoms with Gasteiger partial charge in [-0.15, -0.1) is 23.9 Å². The van der Waals surface area contributed by atoms with Crippen molar-refractivity contribution in [2.75, 3.05) is 19.5 Å². The van der Waals surface area contributed by atoms with Crippen LogP contribution in [-0.4, -0.2) is 113 Å². The van der Waals surface area contributed by atoms with E-state index in [1.165, 1.54) is 50.1 Å². The summed E-state index contributed by atoms with van der Waals surface area (Å²) >= 11 is 12.4. The van der Waals surface area contributed by atoms with Gasteiger partial charge in [-0.05, 0) is 297 Å². The molecule has 142 heavy (non-hydrogen) atoms. The normalized spacial score (nSPS) is 22.9. The number of rotatable bonds is 36. The summed E-state index contributed by atoms with van der Waals surface area (Å²) in [4.78, 5) is 45.6. The summed E-state index contributed by atoms with van der Waals surface area (Å²) in [7, 11) is 5.14. The number of aliphatic hydroxyl groups excluding tert-OH is 4. The molecule has 5 aliphatic rings. The first kappa shape index (κ1) is 125. The van der Waals surface area contributed by atoms with Crippen LogP contribution in [0.3, 0.4) is 0 Å². The number of alkyl halides is 2. The average Bonchev–Trinajstić information content (AvgIpc) is 1.64. The topological polar surface area (TPSA) is 220 Å². The van der Waals surface area contributed by atoms with Crippen LogP contribution in [0, 0.1) is 106 Å². The van der Waals surface area contributed by atoms with E-state index < -0.39 is 12.2 Å². The number of carbonyl (C=O) groups excluding carboxylic acids is 3. The average molecular weight is 2460 g/mol.